The van der Waals surface area contributed by atoms with Crippen molar-refractivity contribution in [2.24, 2.45) is 5.41 Å². The molecule has 9 nitrogen and oxygen atoms in total. The lowest BCUT2D eigenvalue weighted by Gasteiger charge is -2.31. The van der Waals surface area contributed by atoms with Gasteiger partial charge in [0, 0.05) is 32.7 Å². The highest BCUT2D eigenvalue weighted by Crippen LogP contribution is 2.41. The van der Waals surface area contributed by atoms with Gasteiger partial charge in [0.15, 0.2) is 0 Å². The Balaban J connectivity index is 1.65. The minimum absolute atomic E-state index is 0.0693. The Morgan fingerprint density at radius 2 is 1.63 bits per heavy atom. The van der Waals surface area contributed by atoms with Crippen LogP contribution in [0.25, 0.3) is 0 Å². The quantitative estimate of drug-likeness (QED) is 0.337. The largest absolute Gasteiger partial charge is 0.480 e. The number of carboxylic acid groups (broad SMARTS) is 1. The summed E-state index contributed by atoms with van der Waals surface area (Å²) in [5.74, 6) is -1.90. The molecule has 1 fully saturated rings. The average molecular weight is 563 g/mol. The van der Waals surface area contributed by atoms with Crippen molar-refractivity contribution >= 4 is 52.7 Å². The number of aliphatic carboxylic acids is 1. The number of carbonyl (C=O) groups excluding carboxylic acids is 3. The lowest BCUT2D eigenvalue weighted by Crippen LogP contribution is -2.49. The van der Waals surface area contributed by atoms with E-state index < -0.39 is 23.3 Å². The highest BCUT2D eigenvalue weighted by atomic mass is 35.5. The van der Waals surface area contributed by atoms with Crippen molar-refractivity contribution in [1.29, 1.82) is 0 Å². The van der Waals surface area contributed by atoms with E-state index in [-0.39, 0.29) is 34.0 Å². The first-order chi connectivity index (χ1) is 18.1. The van der Waals surface area contributed by atoms with E-state index in [0.717, 1.165) is 12.8 Å². The lowest BCUT2D eigenvalue weighted by molar-refractivity contribution is -0.144. The van der Waals surface area contributed by atoms with Crippen LogP contribution in [0.15, 0.2) is 42.5 Å². The molecule has 1 aliphatic carbocycles. The molecule has 1 aliphatic rings. The normalized spacial score (nSPS) is 14.8. The molecule has 1 saturated carbocycles. The minimum Gasteiger partial charge on any atom is -0.480 e. The lowest BCUT2D eigenvalue weighted by atomic mass is 9.81. The molecule has 0 spiro atoms. The van der Waals surface area contributed by atoms with Gasteiger partial charge in [0.1, 0.15) is 6.04 Å². The first-order valence-corrected chi connectivity index (χ1v) is 13.1. The topological polar surface area (TPSA) is 128 Å². The van der Waals surface area contributed by atoms with Gasteiger partial charge in [-0.15, -0.1) is 0 Å². The zero-order valence-electron chi connectivity index (χ0n) is 21.4. The second kappa shape index (κ2) is 13.0. The first kappa shape index (κ1) is 29.3. The number of halogens is 2. The summed E-state index contributed by atoms with van der Waals surface area (Å²) in [6.07, 6.45) is 3.58. The van der Waals surface area contributed by atoms with Gasteiger partial charge < -0.3 is 26.0 Å². The van der Waals surface area contributed by atoms with Crippen molar-refractivity contribution in [1.82, 2.24) is 15.5 Å². The summed E-state index contributed by atoms with van der Waals surface area (Å²) >= 11 is 12.2. The van der Waals surface area contributed by atoms with Gasteiger partial charge in [-0.25, -0.2) is 9.59 Å². The van der Waals surface area contributed by atoms with Crippen LogP contribution in [-0.4, -0.2) is 60.5 Å². The number of hydrogen-bond donors (Lipinski definition) is 4. The van der Waals surface area contributed by atoms with E-state index in [2.05, 4.69) is 16.0 Å². The van der Waals surface area contributed by atoms with Gasteiger partial charge in [-0.1, -0.05) is 54.2 Å². The predicted molar refractivity (Wildman–Crippen MR) is 147 cm³/mol. The zero-order chi connectivity index (χ0) is 27.9. The molecule has 1 atom stereocenters. The van der Waals surface area contributed by atoms with E-state index in [1.54, 1.807) is 56.6 Å². The Hall–Kier alpha value is -3.30. The third-order valence-corrected chi connectivity index (χ3v) is 7.60. The third kappa shape index (κ3) is 7.17. The fourth-order valence-electron chi connectivity index (χ4n) is 4.70. The second-order valence-electron chi connectivity index (χ2n) is 9.53. The van der Waals surface area contributed by atoms with Crippen LogP contribution in [0.1, 0.15) is 48.0 Å². The molecule has 38 heavy (non-hydrogen) atoms. The Morgan fingerprint density at radius 3 is 2.18 bits per heavy atom. The van der Waals surface area contributed by atoms with Gasteiger partial charge >= 0.3 is 12.0 Å². The maximum absolute atomic E-state index is 13.3. The number of urea groups is 1. The van der Waals surface area contributed by atoms with Crippen molar-refractivity contribution in [2.45, 2.75) is 44.6 Å². The maximum atomic E-state index is 13.3. The number of rotatable bonds is 10. The van der Waals surface area contributed by atoms with Crippen LogP contribution in [0.2, 0.25) is 10.0 Å². The van der Waals surface area contributed by atoms with Gasteiger partial charge in [-0.2, -0.15) is 0 Å². The van der Waals surface area contributed by atoms with Crippen LogP contribution in [0.4, 0.5) is 10.5 Å². The van der Waals surface area contributed by atoms with Crippen LogP contribution >= 0.6 is 23.2 Å². The van der Waals surface area contributed by atoms with Crippen LogP contribution in [0.5, 0.6) is 0 Å². The number of anilines is 1. The molecule has 0 radical (unpaired) electrons. The summed E-state index contributed by atoms with van der Waals surface area (Å²) in [5, 5.41) is 18.3. The van der Waals surface area contributed by atoms with Crippen LogP contribution < -0.4 is 16.0 Å². The Bertz CT molecular complexity index is 1160. The highest BCUT2D eigenvalue weighted by molar-refractivity contribution is 6.40. The smallest absolute Gasteiger partial charge is 0.326 e. The van der Waals surface area contributed by atoms with Gasteiger partial charge in [-0.3, -0.25) is 9.59 Å². The molecule has 0 bridgehead atoms. The molecule has 0 heterocycles. The maximum Gasteiger partial charge on any atom is 0.326 e. The summed E-state index contributed by atoms with van der Waals surface area (Å²) in [5.41, 5.74) is 0.613. The van der Waals surface area contributed by atoms with E-state index in [9.17, 15) is 24.3 Å². The van der Waals surface area contributed by atoms with Crippen molar-refractivity contribution in [2.75, 3.05) is 26.0 Å². The molecule has 3 rings (SSSR count). The van der Waals surface area contributed by atoms with Crippen LogP contribution in [0, 0.1) is 5.41 Å². The van der Waals surface area contributed by atoms with E-state index in [0.29, 0.717) is 37.1 Å². The predicted octanol–water partition coefficient (Wildman–Crippen LogP) is 4.58. The van der Waals surface area contributed by atoms with E-state index in [1.165, 1.54) is 4.90 Å². The first-order valence-electron chi connectivity index (χ1n) is 12.4. The molecule has 2 aromatic carbocycles. The molecule has 0 aromatic heterocycles. The van der Waals surface area contributed by atoms with E-state index in [4.69, 9.17) is 23.2 Å². The number of carboxylic acids is 1. The van der Waals surface area contributed by atoms with E-state index in [1.807, 2.05) is 0 Å². The van der Waals surface area contributed by atoms with Crippen molar-refractivity contribution in [3.8, 4) is 0 Å². The minimum atomic E-state index is -1.14. The number of carbonyl (C=O) groups is 4. The number of benzene rings is 2. The third-order valence-electron chi connectivity index (χ3n) is 6.97. The summed E-state index contributed by atoms with van der Waals surface area (Å²) in [7, 11) is 3.21. The summed E-state index contributed by atoms with van der Waals surface area (Å²) < 4.78 is 0. The zero-order valence-corrected chi connectivity index (χ0v) is 22.9. The fraction of sp³-hybridized carbons (Fsp3) is 0.407. The molecule has 2 aromatic rings. The summed E-state index contributed by atoms with van der Waals surface area (Å²) in [6.45, 7) is 0.386. The second-order valence-corrected chi connectivity index (χ2v) is 10.3. The molecule has 0 saturated heterocycles. The highest BCUT2D eigenvalue weighted by Gasteiger charge is 2.42. The molecule has 0 aliphatic heterocycles. The van der Waals surface area contributed by atoms with Gasteiger partial charge in [0.05, 0.1) is 21.0 Å². The molecule has 11 heteroatoms. The number of amides is 4. The van der Waals surface area contributed by atoms with Crippen molar-refractivity contribution < 1.29 is 24.3 Å². The van der Waals surface area contributed by atoms with Gasteiger partial charge in [0.2, 0.25) is 5.91 Å². The van der Waals surface area contributed by atoms with Crippen molar-refractivity contribution in [3.63, 3.8) is 0 Å². The number of nitrogens with one attached hydrogen (secondary N) is 3. The standard InChI is InChI=1S/C27H32Cl2N4O5/c1-30-26(38)33(2)15-14-27(12-3-4-13-27)25(37)32-21(24(35)36)16-17-8-10-18(11-9-17)31-23(34)22-19(28)6-5-7-20(22)29/h5-11,21H,3-4,12-16H2,1-2H3,(H,30,38)(H,31,34)(H,32,37)(H,35,36)/t21-/m0/s1. The average Bonchev–Trinajstić information content (AvgIpc) is 3.37. The molecular formula is C27H32Cl2N4O5. The summed E-state index contributed by atoms with van der Waals surface area (Å²) in [6, 6.07) is 10.1. The monoisotopic (exact) mass is 562 g/mol. The Morgan fingerprint density at radius 1 is 1.03 bits per heavy atom. The van der Waals surface area contributed by atoms with E-state index >= 15 is 0 Å². The Kier molecular flexibility index (Phi) is 9.99. The molecule has 4 N–H and O–H groups in total. The number of nitrogens with zero attached hydrogens (tertiary/aromatic N) is 1. The van der Waals surface area contributed by atoms with Crippen LogP contribution in [-0.2, 0) is 16.0 Å². The molecule has 4 amide bonds. The number of hydrogen-bond acceptors (Lipinski definition) is 4. The Labute approximate surface area is 231 Å². The molecular weight excluding hydrogens is 531 g/mol. The SMILES string of the molecule is CNC(=O)N(C)CCC1(C(=O)N[C@@H](Cc2ccc(NC(=O)c3c(Cl)cccc3Cl)cc2)C(=O)O)CCCC1. The summed E-state index contributed by atoms with van der Waals surface area (Å²) in [4.78, 5) is 51.3. The van der Waals surface area contributed by atoms with Gasteiger partial charge in [-0.05, 0) is 49.1 Å². The fourth-order valence-corrected chi connectivity index (χ4v) is 5.27. The molecule has 0 unspecified atom stereocenters. The molecule has 204 valence electrons. The van der Waals surface area contributed by atoms with Crippen LogP contribution in [0.3, 0.4) is 0 Å². The van der Waals surface area contributed by atoms with Crippen molar-refractivity contribution in [3.05, 3.63) is 63.6 Å². The van der Waals surface area contributed by atoms with Gasteiger partial charge in [0.25, 0.3) is 5.91 Å².